The molecule has 0 saturated heterocycles. The van der Waals surface area contributed by atoms with Gasteiger partial charge in [0.1, 0.15) is 5.78 Å². The number of ketones is 1. The summed E-state index contributed by atoms with van der Waals surface area (Å²) in [6.07, 6.45) is 7.71. The summed E-state index contributed by atoms with van der Waals surface area (Å²) in [5, 5.41) is 0. The Balaban J connectivity index is 1.75. The fourth-order valence-electron chi connectivity index (χ4n) is 3.01. The molecule has 0 N–H and O–H groups in total. The first-order valence-corrected chi connectivity index (χ1v) is 7.36. The zero-order chi connectivity index (χ0) is 12.8. The molecule has 0 radical (unpaired) electrons. The lowest BCUT2D eigenvalue weighted by atomic mass is 9.78. The second-order valence-corrected chi connectivity index (χ2v) is 5.58. The minimum absolute atomic E-state index is 0.358. The molecular formula is C17H24O. The van der Waals surface area contributed by atoms with Crippen LogP contribution in [0, 0.1) is 11.8 Å². The van der Waals surface area contributed by atoms with Crippen LogP contribution in [0.4, 0.5) is 0 Å². The molecule has 0 bridgehead atoms. The molecule has 1 heteroatoms. The largest absolute Gasteiger partial charge is 0.299 e. The van der Waals surface area contributed by atoms with Crippen LogP contribution in [-0.4, -0.2) is 5.78 Å². The molecule has 1 fully saturated rings. The van der Waals surface area contributed by atoms with Crippen LogP contribution in [0.5, 0.6) is 0 Å². The van der Waals surface area contributed by atoms with Crippen molar-refractivity contribution < 1.29 is 4.79 Å². The van der Waals surface area contributed by atoms with E-state index in [1.807, 2.05) is 18.2 Å². The van der Waals surface area contributed by atoms with Gasteiger partial charge in [-0.05, 0) is 43.6 Å². The van der Waals surface area contributed by atoms with E-state index in [2.05, 4.69) is 19.1 Å². The third-order valence-corrected chi connectivity index (χ3v) is 4.38. The maximum absolute atomic E-state index is 12.2. The first-order valence-electron chi connectivity index (χ1n) is 7.36. The number of benzene rings is 1. The molecular weight excluding hydrogens is 220 g/mol. The molecule has 0 unspecified atom stereocenters. The van der Waals surface area contributed by atoms with E-state index in [1.54, 1.807) is 0 Å². The SMILES string of the molecule is CCC1CCC(C(=O)CCc2ccccc2)CC1. The Morgan fingerprint density at radius 2 is 1.78 bits per heavy atom. The van der Waals surface area contributed by atoms with Crippen molar-refractivity contribution in [1.29, 1.82) is 0 Å². The van der Waals surface area contributed by atoms with Gasteiger partial charge in [0.05, 0.1) is 0 Å². The summed E-state index contributed by atoms with van der Waals surface area (Å²) in [7, 11) is 0. The predicted octanol–water partition coefficient (Wildman–Crippen LogP) is 4.40. The van der Waals surface area contributed by atoms with Gasteiger partial charge in [0.15, 0.2) is 0 Å². The van der Waals surface area contributed by atoms with Gasteiger partial charge in [0.25, 0.3) is 0 Å². The Morgan fingerprint density at radius 3 is 2.39 bits per heavy atom. The van der Waals surface area contributed by atoms with Crippen molar-refractivity contribution in [3.05, 3.63) is 35.9 Å². The number of hydrogen-bond donors (Lipinski definition) is 0. The monoisotopic (exact) mass is 244 g/mol. The first-order chi connectivity index (χ1) is 8.79. The quantitative estimate of drug-likeness (QED) is 0.750. The summed E-state index contributed by atoms with van der Waals surface area (Å²) in [5.41, 5.74) is 1.29. The molecule has 98 valence electrons. The van der Waals surface area contributed by atoms with Crippen LogP contribution in [0.1, 0.15) is 51.0 Å². The van der Waals surface area contributed by atoms with Crippen LogP contribution in [-0.2, 0) is 11.2 Å². The fourth-order valence-corrected chi connectivity index (χ4v) is 3.01. The second-order valence-electron chi connectivity index (χ2n) is 5.58. The summed E-state index contributed by atoms with van der Waals surface area (Å²) < 4.78 is 0. The van der Waals surface area contributed by atoms with E-state index in [0.717, 1.165) is 31.6 Å². The lowest BCUT2D eigenvalue weighted by Gasteiger charge is -2.26. The number of carbonyl (C=O) groups excluding carboxylic acids is 1. The molecule has 0 amide bonds. The smallest absolute Gasteiger partial charge is 0.136 e. The first kappa shape index (κ1) is 13.3. The highest BCUT2D eigenvalue weighted by molar-refractivity contribution is 5.81. The van der Waals surface area contributed by atoms with E-state index in [1.165, 1.54) is 24.8 Å². The lowest BCUT2D eigenvalue weighted by molar-refractivity contribution is -0.124. The normalized spacial score (nSPS) is 23.8. The third kappa shape index (κ3) is 3.69. The van der Waals surface area contributed by atoms with Crippen LogP contribution in [0.15, 0.2) is 30.3 Å². The van der Waals surface area contributed by atoms with Crippen LogP contribution >= 0.6 is 0 Å². The van der Waals surface area contributed by atoms with Crippen molar-refractivity contribution in [2.45, 2.75) is 51.9 Å². The Bertz CT molecular complexity index is 360. The maximum atomic E-state index is 12.2. The van der Waals surface area contributed by atoms with Gasteiger partial charge in [-0.3, -0.25) is 4.79 Å². The highest BCUT2D eigenvalue weighted by Gasteiger charge is 2.24. The number of Topliss-reactive ketones (excluding diaryl/α,β-unsaturated/α-hetero) is 1. The Labute approximate surface area is 111 Å². The van der Waals surface area contributed by atoms with Crippen molar-refractivity contribution in [3.8, 4) is 0 Å². The predicted molar refractivity (Wildman–Crippen MR) is 75.5 cm³/mol. The molecule has 1 aliphatic rings. The second kappa shape index (κ2) is 6.72. The highest BCUT2D eigenvalue weighted by Crippen LogP contribution is 2.31. The zero-order valence-corrected chi connectivity index (χ0v) is 11.4. The van der Waals surface area contributed by atoms with Gasteiger partial charge in [-0.15, -0.1) is 0 Å². The van der Waals surface area contributed by atoms with Gasteiger partial charge in [-0.1, -0.05) is 43.7 Å². The summed E-state index contributed by atoms with van der Waals surface area (Å²) >= 11 is 0. The zero-order valence-electron chi connectivity index (χ0n) is 11.4. The van der Waals surface area contributed by atoms with Crippen LogP contribution in [0.2, 0.25) is 0 Å². The topological polar surface area (TPSA) is 17.1 Å². The van der Waals surface area contributed by atoms with Gasteiger partial charge < -0.3 is 0 Å². The van der Waals surface area contributed by atoms with E-state index < -0.39 is 0 Å². The van der Waals surface area contributed by atoms with Crippen LogP contribution < -0.4 is 0 Å². The Kier molecular flexibility index (Phi) is 4.98. The minimum atomic E-state index is 0.358. The summed E-state index contributed by atoms with van der Waals surface area (Å²) in [4.78, 5) is 12.2. The average molecular weight is 244 g/mol. The van der Waals surface area contributed by atoms with Crippen LogP contribution in [0.25, 0.3) is 0 Å². The highest BCUT2D eigenvalue weighted by atomic mass is 16.1. The molecule has 0 aromatic heterocycles. The molecule has 1 nitrogen and oxygen atoms in total. The molecule has 18 heavy (non-hydrogen) atoms. The number of rotatable bonds is 5. The standard InChI is InChI=1S/C17H24O/c1-2-14-8-11-16(12-9-14)17(18)13-10-15-6-4-3-5-7-15/h3-7,14,16H,2,8-13H2,1H3. The lowest BCUT2D eigenvalue weighted by Crippen LogP contribution is -2.21. The Hall–Kier alpha value is -1.11. The molecule has 1 aliphatic carbocycles. The van der Waals surface area contributed by atoms with Crippen LogP contribution in [0.3, 0.4) is 0 Å². The summed E-state index contributed by atoms with van der Waals surface area (Å²) in [6, 6.07) is 10.3. The molecule has 0 aliphatic heterocycles. The number of aryl methyl sites for hydroxylation is 1. The van der Waals surface area contributed by atoms with Gasteiger partial charge >= 0.3 is 0 Å². The summed E-state index contributed by atoms with van der Waals surface area (Å²) in [6.45, 7) is 2.27. The Morgan fingerprint density at radius 1 is 1.11 bits per heavy atom. The molecule has 0 spiro atoms. The fraction of sp³-hybridized carbons (Fsp3) is 0.588. The van der Waals surface area contributed by atoms with Gasteiger partial charge in [0, 0.05) is 12.3 Å². The van der Waals surface area contributed by atoms with E-state index in [0.29, 0.717) is 11.7 Å². The summed E-state index contributed by atoms with van der Waals surface area (Å²) in [5.74, 6) is 1.73. The third-order valence-electron chi connectivity index (χ3n) is 4.38. The molecule has 2 rings (SSSR count). The minimum Gasteiger partial charge on any atom is -0.299 e. The van der Waals surface area contributed by atoms with E-state index in [9.17, 15) is 4.79 Å². The van der Waals surface area contributed by atoms with E-state index in [4.69, 9.17) is 0 Å². The van der Waals surface area contributed by atoms with Crippen molar-refractivity contribution in [3.63, 3.8) is 0 Å². The van der Waals surface area contributed by atoms with Gasteiger partial charge in [-0.25, -0.2) is 0 Å². The van der Waals surface area contributed by atoms with Crippen molar-refractivity contribution in [1.82, 2.24) is 0 Å². The molecule has 0 heterocycles. The van der Waals surface area contributed by atoms with E-state index in [-0.39, 0.29) is 0 Å². The van der Waals surface area contributed by atoms with Gasteiger partial charge in [0.2, 0.25) is 0 Å². The van der Waals surface area contributed by atoms with E-state index >= 15 is 0 Å². The maximum Gasteiger partial charge on any atom is 0.136 e. The van der Waals surface area contributed by atoms with Crippen molar-refractivity contribution in [2.24, 2.45) is 11.8 Å². The number of carbonyl (C=O) groups is 1. The molecule has 1 aromatic rings. The van der Waals surface area contributed by atoms with Crippen molar-refractivity contribution in [2.75, 3.05) is 0 Å². The van der Waals surface area contributed by atoms with Crippen molar-refractivity contribution >= 4 is 5.78 Å². The average Bonchev–Trinajstić information content (AvgIpc) is 2.46. The molecule has 0 atom stereocenters. The van der Waals surface area contributed by atoms with Gasteiger partial charge in [-0.2, -0.15) is 0 Å². The molecule has 1 saturated carbocycles. The molecule has 1 aromatic carbocycles. The number of hydrogen-bond acceptors (Lipinski definition) is 1.